The van der Waals surface area contributed by atoms with E-state index in [1.54, 1.807) is 0 Å². The van der Waals surface area contributed by atoms with Crippen LogP contribution < -0.4 is 15.0 Å². The summed E-state index contributed by atoms with van der Waals surface area (Å²) in [4.78, 5) is 26.4. The van der Waals surface area contributed by atoms with E-state index in [1.807, 2.05) is 61.5 Å². The number of hydrogen-bond donors (Lipinski definition) is 2. The van der Waals surface area contributed by atoms with Crippen molar-refractivity contribution in [1.82, 2.24) is 0 Å². The lowest BCUT2D eigenvalue weighted by Crippen LogP contribution is -3.14. The number of piperidine rings is 1. The third-order valence-corrected chi connectivity index (χ3v) is 5.41. The first kappa shape index (κ1) is 20.9. The maximum atomic E-state index is 13.4. The molecule has 6 heteroatoms. The molecule has 1 aliphatic rings. The number of benzene rings is 2. The van der Waals surface area contributed by atoms with Gasteiger partial charge in [0.05, 0.1) is 38.4 Å². The summed E-state index contributed by atoms with van der Waals surface area (Å²) in [5.41, 5.74) is 1.63. The van der Waals surface area contributed by atoms with Gasteiger partial charge in [-0.25, -0.2) is 0 Å². The number of para-hydroxylation sites is 2. The minimum atomic E-state index is -0.357. The Morgan fingerprint density at radius 1 is 1.07 bits per heavy atom. The van der Waals surface area contributed by atoms with E-state index in [4.69, 9.17) is 9.47 Å². The number of quaternary nitrogens is 1. The minimum absolute atomic E-state index is 0.0742. The number of rotatable bonds is 7. The van der Waals surface area contributed by atoms with E-state index >= 15 is 0 Å². The van der Waals surface area contributed by atoms with Crippen LogP contribution in [0.4, 0.5) is 5.69 Å². The monoisotopic (exact) mass is 397 g/mol. The molecule has 1 saturated heterocycles. The van der Waals surface area contributed by atoms with E-state index in [0.29, 0.717) is 30.9 Å². The second-order valence-corrected chi connectivity index (χ2v) is 7.22. The molecule has 0 aliphatic carbocycles. The highest BCUT2D eigenvalue weighted by molar-refractivity contribution is 5.95. The number of carbonyl (C=O) groups excluding carboxylic acids is 2. The van der Waals surface area contributed by atoms with E-state index in [2.05, 4.69) is 5.32 Å². The van der Waals surface area contributed by atoms with Crippen LogP contribution in [0.1, 0.15) is 31.4 Å². The molecule has 29 heavy (non-hydrogen) atoms. The summed E-state index contributed by atoms with van der Waals surface area (Å²) >= 11 is 0. The van der Waals surface area contributed by atoms with Gasteiger partial charge < -0.3 is 19.7 Å². The highest BCUT2D eigenvalue weighted by Crippen LogP contribution is 2.25. The van der Waals surface area contributed by atoms with Gasteiger partial charge in [-0.1, -0.05) is 42.5 Å². The molecule has 2 aromatic carbocycles. The van der Waals surface area contributed by atoms with Crippen molar-refractivity contribution >= 4 is 17.6 Å². The number of ether oxygens (including phenoxy) is 2. The SMILES string of the molecule is CCOc1ccccc1NC(=O)[C@@H](c1ccccc1)[NH+]1CCC(C(=O)OC)CC1. The second kappa shape index (κ2) is 10.1. The molecule has 6 nitrogen and oxygen atoms in total. The van der Waals surface area contributed by atoms with Crippen molar-refractivity contribution < 1.29 is 24.0 Å². The van der Waals surface area contributed by atoms with Gasteiger partial charge in [-0.05, 0) is 19.1 Å². The Labute approximate surface area is 171 Å². The molecule has 1 heterocycles. The fourth-order valence-electron chi connectivity index (χ4n) is 3.95. The van der Waals surface area contributed by atoms with Crippen LogP contribution in [0, 0.1) is 5.92 Å². The predicted molar refractivity (Wildman–Crippen MR) is 111 cm³/mol. The van der Waals surface area contributed by atoms with Crippen LogP contribution in [0.15, 0.2) is 54.6 Å². The zero-order valence-corrected chi connectivity index (χ0v) is 17.0. The second-order valence-electron chi connectivity index (χ2n) is 7.22. The molecule has 2 aromatic rings. The Balaban J connectivity index is 1.80. The fraction of sp³-hybridized carbons (Fsp3) is 0.391. The van der Waals surface area contributed by atoms with Crippen molar-refractivity contribution in [3.05, 3.63) is 60.2 Å². The molecular weight excluding hydrogens is 368 g/mol. The molecule has 3 rings (SSSR count). The number of nitrogens with one attached hydrogen (secondary N) is 2. The zero-order chi connectivity index (χ0) is 20.6. The first-order valence-electron chi connectivity index (χ1n) is 10.1. The molecule has 1 fully saturated rings. The summed E-state index contributed by atoms with van der Waals surface area (Å²) in [6.07, 6.45) is 1.43. The summed E-state index contributed by atoms with van der Waals surface area (Å²) in [5, 5.41) is 3.06. The van der Waals surface area contributed by atoms with Gasteiger partial charge in [0.15, 0.2) is 6.04 Å². The number of amides is 1. The summed E-state index contributed by atoms with van der Waals surface area (Å²) in [6, 6.07) is 16.9. The molecule has 0 spiro atoms. The number of methoxy groups -OCH3 is 1. The number of esters is 1. The van der Waals surface area contributed by atoms with Crippen molar-refractivity contribution in [2.24, 2.45) is 5.92 Å². The van der Waals surface area contributed by atoms with Gasteiger partial charge in [-0.2, -0.15) is 0 Å². The Bertz CT molecular complexity index is 817. The Morgan fingerprint density at radius 3 is 2.38 bits per heavy atom. The first-order chi connectivity index (χ1) is 14.1. The quantitative estimate of drug-likeness (QED) is 0.703. The smallest absolute Gasteiger partial charge is 0.309 e. The van der Waals surface area contributed by atoms with Crippen LogP contribution in [0.25, 0.3) is 0 Å². The average molecular weight is 397 g/mol. The van der Waals surface area contributed by atoms with E-state index in [1.165, 1.54) is 7.11 Å². The van der Waals surface area contributed by atoms with Crippen LogP contribution in [-0.2, 0) is 14.3 Å². The van der Waals surface area contributed by atoms with Crippen LogP contribution in [0.2, 0.25) is 0 Å². The molecular formula is C23H29N2O4+. The Kier molecular flexibility index (Phi) is 7.25. The molecule has 1 atom stereocenters. The van der Waals surface area contributed by atoms with Gasteiger partial charge >= 0.3 is 5.97 Å². The Morgan fingerprint density at radius 2 is 1.72 bits per heavy atom. The van der Waals surface area contributed by atoms with Crippen LogP contribution in [-0.4, -0.2) is 38.7 Å². The standard InChI is InChI=1S/C23H28N2O4/c1-3-29-20-12-8-7-11-19(20)24-22(26)21(17-9-5-4-6-10-17)25-15-13-18(14-16-25)23(27)28-2/h4-12,18,21H,3,13-16H2,1-2H3,(H,24,26)/p+1/t21-/m1/s1. The van der Waals surface area contributed by atoms with Crippen molar-refractivity contribution in [3.8, 4) is 5.75 Å². The minimum Gasteiger partial charge on any atom is -0.492 e. The predicted octanol–water partition coefficient (Wildman–Crippen LogP) is 2.23. The molecule has 1 amide bonds. The van der Waals surface area contributed by atoms with Crippen molar-refractivity contribution in [3.63, 3.8) is 0 Å². The molecule has 0 bridgehead atoms. The molecule has 154 valence electrons. The molecule has 0 aromatic heterocycles. The Hall–Kier alpha value is -2.86. The highest BCUT2D eigenvalue weighted by Gasteiger charge is 2.37. The van der Waals surface area contributed by atoms with E-state index in [-0.39, 0.29) is 23.8 Å². The van der Waals surface area contributed by atoms with Crippen LogP contribution in [0.5, 0.6) is 5.75 Å². The molecule has 0 saturated carbocycles. The number of likely N-dealkylation sites (tertiary alicyclic amines) is 1. The van der Waals surface area contributed by atoms with E-state index in [0.717, 1.165) is 23.6 Å². The lowest BCUT2D eigenvalue weighted by molar-refractivity contribution is -0.927. The maximum Gasteiger partial charge on any atom is 0.309 e. The van der Waals surface area contributed by atoms with Crippen LogP contribution in [0.3, 0.4) is 0 Å². The molecule has 0 unspecified atom stereocenters. The molecule has 2 N–H and O–H groups in total. The normalized spacial score (nSPS) is 19.8. The van der Waals surface area contributed by atoms with Gasteiger partial charge in [-0.15, -0.1) is 0 Å². The van der Waals surface area contributed by atoms with Gasteiger partial charge in [-0.3, -0.25) is 9.59 Å². The van der Waals surface area contributed by atoms with Gasteiger partial charge in [0.25, 0.3) is 5.91 Å². The summed E-state index contributed by atoms with van der Waals surface area (Å²) < 4.78 is 10.5. The van der Waals surface area contributed by atoms with Crippen LogP contribution >= 0.6 is 0 Å². The number of carbonyl (C=O) groups is 2. The highest BCUT2D eigenvalue weighted by atomic mass is 16.5. The third-order valence-electron chi connectivity index (χ3n) is 5.41. The third kappa shape index (κ3) is 5.15. The average Bonchev–Trinajstić information content (AvgIpc) is 2.76. The van der Waals surface area contributed by atoms with Crippen molar-refractivity contribution in [2.75, 3.05) is 32.1 Å². The summed E-state index contributed by atoms with van der Waals surface area (Å²) in [6.45, 7) is 3.92. The van der Waals surface area contributed by atoms with E-state index in [9.17, 15) is 9.59 Å². The fourth-order valence-corrected chi connectivity index (χ4v) is 3.95. The van der Waals surface area contributed by atoms with E-state index < -0.39 is 0 Å². The number of anilines is 1. The molecule has 1 aliphatic heterocycles. The first-order valence-corrected chi connectivity index (χ1v) is 10.1. The summed E-state index contributed by atoms with van der Waals surface area (Å²) in [5.74, 6) is 0.349. The largest absolute Gasteiger partial charge is 0.492 e. The maximum absolute atomic E-state index is 13.4. The molecule has 0 radical (unpaired) electrons. The van der Waals surface area contributed by atoms with Crippen molar-refractivity contribution in [2.45, 2.75) is 25.8 Å². The lowest BCUT2D eigenvalue weighted by atomic mass is 9.94. The van der Waals surface area contributed by atoms with Crippen molar-refractivity contribution in [1.29, 1.82) is 0 Å². The summed E-state index contributed by atoms with van der Waals surface area (Å²) in [7, 11) is 1.43. The topological polar surface area (TPSA) is 69.1 Å². The van der Waals surface area contributed by atoms with Gasteiger partial charge in [0, 0.05) is 18.4 Å². The lowest BCUT2D eigenvalue weighted by Gasteiger charge is -2.33. The van der Waals surface area contributed by atoms with Gasteiger partial charge in [0.1, 0.15) is 5.75 Å². The van der Waals surface area contributed by atoms with Gasteiger partial charge in [0.2, 0.25) is 0 Å². The number of hydrogen-bond acceptors (Lipinski definition) is 4. The zero-order valence-electron chi connectivity index (χ0n) is 17.0.